The lowest BCUT2D eigenvalue weighted by Gasteiger charge is -2.22. The number of carbonyl (C=O) groups excluding carboxylic acids is 1. The van der Waals surface area contributed by atoms with Gasteiger partial charge in [-0.05, 0) is 44.1 Å². The number of nitrogens with zero attached hydrogens (tertiary/aromatic N) is 2. The van der Waals surface area contributed by atoms with Crippen molar-refractivity contribution in [2.24, 2.45) is 0 Å². The van der Waals surface area contributed by atoms with Crippen molar-refractivity contribution in [1.29, 1.82) is 0 Å². The second-order valence-electron chi connectivity index (χ2n) is 5.05. The van der Waals surface area contributed by atoms with Gasteiger partial charge < -0.3 is 20.6 Å². The van der Waals surface area contributed by atoms with Gasteiger partial charge >= 0.3 is 0 Å². The van der Waals surface area contributed by atoms with Crippen LogP contribution in [-0.4, -0.2) is 54.0 Å². The number of benzene rings is 1. The molecule has 0 radical (unpaired) electrons. The molecule has 3 N–H and O–H groups in total. The standard InChI is InChI=1S/C14H21N3O2/c1-16(8-9-17-6-2-3-7-17)14(19)12-10-11(18)4-5-13(12)15/h4-5,10,18H,2-3,6-9,15H2,1H3. The molecule has 104 valence electrons. The monoisotopic (exact) mass is 263 g/mol. The van der Waals surface area contributed by atoms with Crippen molar-refractivity contribution < 1.29 is 9.90 Å². The van der Waals surface area contributed by atoms with Gasteiger partial charge in [0.15, 0.2) is 0 Å². The van der Waals surface area contributed by atoms with Gasteiger partial charge in [0.25, 0.3) is 5.91 Å². The zero-order valence-electron chi connectivity index (χ0n) is 11.3. The van der Waals surface area contributed by atoms with E-state index in [1.807, 2.05) is 0 Å². The van der Waals surface area contributed by atoms with E-state index in [-0.39, 0.29) is 11.7 Å². The van der Waals surface area contributed by atoms with E-state index in [0.717, 1.165) is 19.6 Å². The number of anilines is 1. The van der Waals surface area contributed by atoms with Crippen molar-refractivity contribution in [3.05, 3.63) is 23.8 Å². The van der Waals surface area contributed by atoms with Crippen LogP contribution in [0.3, 0.4) is 0 Å². The number of hydrogen-bond donors (Lipinski definition) is 2. The van der Waals surface area contributed by atoms with Crippen LogP contribution < -0.4 is 5.73 Å². The van der Waals surface area contributed by atoms with Crippen LogP contribution in [0, 0.1) is 0 Å². The van der Waals surface area contributed by atoms with Gasteiger partial charge in [-0.3, -0.25) is 4.79 Å². The summed E-state index contributed by atoms with van der Waals surface area (Å²) in [5.74, 6) is -0.0851. The van der Waals surface area contributed by atoms with Crippen LogP contribution in [0.1, 0.15) is 23.2 Å². The Hall–Kier alpha value is -1.75. The molecule has 1 aromatic carbocycles. The second-order valence-corrected chi connectivity index (χ2v) is 5.05. The number of likely N-dealkylation sites (N-methyl/N-ethyl adjacent to an activating group) is 1. The van der Waals surface area contributed by atoms with Crippen molar-refractivity contribution in [3.8, 4) is 5.75 Å². The van der Waals surface area contributed by atoms with Crippen molar-refractivity contribution >= 4 is 11.6 Å². The van der Waals surface area contributed by atoms with Crippen LogP contribution in [0.15, 0.2) is 18.2 Å². The average Bonchev–Trinajstić information content (AvgIpc) is 2.91. The third kappa shape index (κ3) is 3.38. The molecule has 5 nitrogen and oxygen atoms in total. The van der Waals surface area contributed by atoms with Crippen molar-refractivity contribution in [1.82, 2.24) is 9.80 Å². The summed E-state index contributed by atoms with van der Waals surface area (Å²) in [6, 6.07) is 4.46. The lowest BCUT2D eigenvalue weighted by atomic mass is 10.1. The molecular weight excluding hydrogens is 242 g/mol. The molecule has 0 atom stereocenters. The first-order valence-corrected chi connectivity index (χ1v) is 6.64. The summed E-state index contributed by atoms with van der Waals surface area (Å²) in [7, 11) is 1.77. The molecule has 1 fully saturated rings. The van der Waals surface area contributed by atoms with E-state index >= 15 is 0 Å². The van der Waals surface area contributed by atoms with Gasteiger partial charge in [-0.15, -0.1) is 0 Å². The Balaban J connectivity index is 1.95. The highest BCUT2D eigenvalue weighted by Gasteiger charge is 2.17. The third-order valence-electron chi connectivity index (χ3n) is 3.56. The molecule has 0 aromatic heterocycles. The van der Waals surface area contributed by atoms with Gasteiger partial charge in [-0.25, -0.2) is 0 Å². The lowest BCUT2D eigenvalue weighted by molar-refractivity contribution is 0.0783. The topological polar surface area (TPSA) is 69.8 Å². The number of phenolic OH excluding ortho intramolecular Hbond substituents is 1. The van der Waals surface area contributed by atoms with E-state index in [1.54, 1.807) is 18.0 Å². The molecule has 1 amide bonds. The molecule has 19 heavy (non-hydrogen) atoms. The van der Waals surface area contributed by atoms with E-state index in [0.29, 0.717) is 17.8 Å². The summed E-state index contributed by atoms with van der Waals surface area (Å²) in [4.78, 5) is 16.3. The number of aromatic hydroxyl groups is 1. The van der Waals surface area contributed by atoms with Gasteiger partial charge in [0.05, 0.1) is 5.56 Å². The Morgan fingerprint density at radius 2 is 2.11 bits per heavy atom. The number of nitrogen functional groups attached to an aromatic ring is 1. The summed E-state index contributed by atoms with van der Waals surface area (Å²) < 4.78 is 0. The summed E-state index contributed by atoms with van der Waals surface area (Å²) in [5.41, 5.74) is 6.54. The number of nitrogens with two attached hydrogens (primary N) is 1. The summed E-state index contributed by atoms with van der Waals surface area (Å²) in [6.07, 6.45) is 2.49. The van der Waals surface area contributed by atoms with Crippen LogP contribution in [-0.2, 0) is 0 Å². The Kier molecular flexibility index (Phi) is 4.27. The van der Waals surface area contributed by atoms with E-state index in [1.165, 1.54) is 25.0 Å². The van der Waals surface area contributed by atoms with Crippen LogP contribution >= 0.6 is 0 Å². The summed E-state index contributed by atoms with van der Waals surface area (Å²) in [5, 5.41) is 9.44. The van der Waals surface area contributed by atoms with Gasteiger partial charge in [0.1, 0.15) is 5.75 Å². The minimum absolute atomic E-state index is 0.0606. The molecule has 1 heterocycles. The highest BCUT2D eigenvalue weighted by atomic mass is 16.3. The van der Waals surface area contributed by atoms with Crippen LogP contribution in [0.5, 0.6) is 5.75 Å². The highest BCUT2D eigenvalue weighted by molar-refractivity contribution is 5.99. The second kappa shape index (κ2) is 5.93. The maximum atomic E-state index is 12.2. The fourth-order valence-electron chi connectivity index (χ4n) is 2.33. The van der Waals surface area contributed by atoms with Crippen LogP contribution in [0.2, 0.25) is 0 Å². The first-order valence-electron chi connectivity index (χ1n) is 6.64. The number of hydrogen-bond acceptors (Lipinski definition) is 4. The minimum Gasteiger partial charge on any atom is -0.508 e. The quantitative estimate of drug-likeness (QED) is 0.631. The Bertz CT molecular complexity index is 456. The minimum atomic E-state index is -0.146. The lowest BCUT2D eigenvalue weighted by Crippen LogP contribution is -2.35. The first kappa shape index (κ1) is 13.7. The van der Waals surface area contributed by atoms with E-state index in [9.17, 15) is 9.90 Å². The SMILES string of the molecule is CN(CCN1CCCC1)C(=O)c1cc(O)ccc1N. The molecule has 0 unspecified atom stereocenters. The van der Waals surface area contributed by atoms with Gasteiger partial charge in [0.2, 0.25) is 0 Å². The molecule has 2 rings (SSSR count). The molecule has 1 saturated heterocycles. The predicted molar refractivity (Wildman–Crippen MR) is 75.2 cm³/mol. The summed E-state index contributed by atoms with van der Waals surface area (Å²) >= 11 is 0. The Morgan fingerprint density at radius 3 is 2.79 bits per heavy atom. The first-order chi connectivity index (χ1) is 9.08. The smallest absolute Gasteiger partial charge is 0.255 e. The van der Waals surface area contributed by atoms with Crippen molar-refractivity contribution in [2.45, 2.75) is 12.8 Å². The van der Waals surface area contributed by atoms with E-state index in [4.69, 9.17) is 5.73 Å². The fraction of sp³-hybridized carbons (Fsp3) is 0.500. The molecule has 1 aromatic rings. The molecular formula is C14H21N3O2. The normalized spacial score (nSPS) is 15.6. The summed E-state index contributed by atoms with van der Waals surface area (Å²) in [6.45, 7) is 3.81. The molecule has 5 heteroatoms. The Morgan fingerprint density at radius 1 is 1.42 bits per heavy atom. The number of likely N-dealkylation sites (tertiary alicyclic amines) is 1. The van der Waals surface area contributed by atoms with E-state index in [2.05, 4.69) is 4.90 Å². The zero-order chi connectivity index (χ0) is 13.8. The molecule has 0 bridgehead atoms. The van der Waals surface area contributed by atoms with Gasteiger partial charge in [-0.1, -0.05) is 0 Å². The van der Waals surface area contributed by atoms with Gasteiger partial charge in [0, 0.05) is 25.8 Å². The van der Waals surface area contributed by atoms with Crippen LogP contribution in [0.25, 0.3) is 0 Å². The fourth-order valence-corrected chi connectivity index (χ4v) is 2.33. The van der Waals surface area contributed by atoms with E-state index < -0.39 is 0 Å². The molecule has 1 aliphatic heterocycles. The zero-order valence-corrected chi connectivity index (χ0v) is 11.3. The maximum absolute atomic E-state index is 12.2. The third-order valence-corrected chi connectivity index (χ3v) is 3.56. The molecule has 0 spiro atoms. The maximum Gasteiger partial charge on any atom is 0.255 e. The average molecular weight is 263 g/mol. The van der Waals surface area contributed by atoms with Crippen LogP contribution in [0.4, 0.5) is 5.69 Å². The molecule has 0 aliphatic carbocycles. The number of rotatable bonds is 4. The number of carbonyl (C=O) groups is 1. The van der Waals surface area contributed by atoms with Crippen molar-refractivity contribution in [2.75, 3.05) is 39.0 Å². The molecule has 0 saturated carbocycles. The molecule has 1 aliphatic rings. The largest absolute Gasteiger partial charge is 0.508 e. The predicted octanol–water partition coefficient (Wildman–Crippen LogP) is 1.14. The number of amides is 1. The van der Waals surface area contributed by atoms with Crippen molar-refractivity contribution in [3.63, 3.8) is 0 Å². The van der Waals surface area contributed by atoms with Gasteiger partial charge in [-0.2, -0.15) is 0 Å². The Labute approximate surface area is 113 Å². The highest BCUT2D eigenvalue weighted by Crippen LogP contribution is 2.19. The number of phenols is 1.